The van der Waals surface area contributed by atoms with Gasteiger partial charge in [0.2, 0.25) is 0 Å². The Balaban J connectivity index is 2.29. The van der Waals surface area contributed by atoms with Crippen LogP contribution >= 0.6 is 0 Å². The summed E-state index contributed by atoms with van der Waals surface area (Å²) >= 11 is 0. The first-order valence-corrected chi connectivity index (χ1v) is 7.59. The minimum Gasteiger partial charge on any atom is -0.497 e. The van der Waals surface area contributed by atoms with E-state index in [0.717, 1.165) is 43.9 Å². The van der Waals surface area contributed by atoms with Crippen molar-refractivity contribution in [1.29, 1.82) is 0 Å². The van der Waals surface area contributed by atoms with Gasteiger partial charge in [0.25, 0.3) is 0 Å². The first-order chi connectivity index (χ1) is 11.7. The zero-order valence-corrected chi connectivity index (χ0v) is 13.6. The molecule has 4 rings (SSSR count). The van der Waals surface area contributed by atoms with Crippen LogP contribution in [0, 0.1) is 6.92 Å². The number of nitrogens with zero attached hydrogens (tertiary/aromatic N) is 1. The highest BCUT2D eigenvalue weighted by Crippen LogP contribution is 2.37. The third-order valence-electron chi connectivity index (χ3n) is 4.51. The fourth-order valence-electron chi connectivity index (χ4n) is 3.37. The normalized spacial score (nSPS) is 11.3. The summed E-state index contributed by atoms with van der Waals surface area (Å²) in [6.45, 7) is 2.04. The third kappa shape index (κ3) is 1.88. The molecule has 0 atom stereocenters. The molecule has 0 aliphatic heterocycles. The van der Waals surface area contributed by atoms with Crippen molar-refractivity contribution in [2.45, 2.75) is 6.92 Å². The van der Waals surface area contributed by atoms with Crippen LogP contribution in [0.15, 0.2) is 36.7 Å². The summed E-state index contributed by atoms with van der Waals surface area (Å²) in [7, 11) is 3.04. The summed E-state index contributed by atoms with van der Waals surface area (Å²) < 4.78 is 10.4. The van der Waals surface area contributed by atoms with E-state index in [1.165, 1.54) is 7.11 Å². The summed E-state index contributed by atoms with van der Waals surface area (Å²) in [6.07, 6.45) is 3.47. The Morgan fingerprint density at radius 3 is 2.71 bits per heavy atom. The summed E-state index contributed by atoms with van der Waals surface area (Å²) in [4.78, 5) is 20.1. The van der Waals surface area contributed by atoms with E-state index in [2.05, 4.69) is 9.97 Å². The zero-order chi connectivity index (χ0) is 16.8. The van der Waals surface area contributed by atoms with Crippen molar-refractivity contribution >= 4 is 38.5 Å². The number of H-pyrrole nitrogens is 1. The molecule has 0 fully saturated rings. The van der Waals surface area contributed by atoms with E-state index in [1.807, 2.05) is 31.2 Å². The van der Waals surface area contributed by atoms with Crippen LogP contribution in [-0.2, 0) is 4.74 Å². The highest BCUT2D eigenvalue weighted by molar-refractivity contribution is 6.23. The molecule has 0 saturated carbocycles. The highest BCUT2D eigenvalue weighted by atomic mass is 16.5. The van der Waals surface area contributed by atoms with Crippen LogP contribution in [0.5, 0.6) is 5.75 Å². The molecule has 0 aliphatic carbocycles. The summed E-state index contributed by atoms with van der Waals surface area (Å²) in [6, 6.07) is 7.67. The number of methoxy groups -OCH3 is 2. The number of pyridine rings is 1. The number of hydrogen-bond donors (Lipinski definition) is 1. The van der Waals surface area contributed by atoms with Crippen molar-refractivity contribution < 1.29 is 14.3 Å². The van der Waals surface area contributed by atoms with Gasteiger partial charge in [-0.3, -0.25) is 4.98 Å². The van der Waals surface area contributed by atoms with Gasteiger partial charge in [0.05, 0.1) is 25.3 Å². The Morgan fingerprint density at radius 1 is 1.12 bits per heavy atom. The molecule has 0 saturated heterocycles. The minimum atomic E-state index is -0.366. The van der Waals surface area contributed by atoms with Crippen LogP contribution in [0.1, 0.15) is 15.9 Å². The second-order valence-corrected chi connectivity index (χ2v) is 5.70. The molecule has 0 amide bonds. The molecule has 0 spiro atoms. The van der Waals surface area contributed by atoms with Gasteiger partial charge in [0.1, 0.15) is 5.75 Å². The van der Waals surface area contributed by atoms with Gasteiger partial charge in [-0.1, -0.05) is 0 Å². The smallest absolute Gasteiger partial charge is 0.340 e. The number of hydrogen-bond acceptors (Lipinski definition) is 4. The maximum Gasteiger partial charge on any atom is 0.340 e. The van der Waals surface area contributed by atoms with E-state index in [4.69, 9.17) is 9.47 Å². The first-order valence-electron chi connectivity index (χ1n) is 7.59. The number of carbonyl (C=O) groups is 1. The Labute approximate surface area is 138 Å². The molecule has 5 nitrogen and oxygen atoms in total. The number of aromatic amines is 1. The second-order valence-electron chi connectivity index (χ2n) is 5.70. The second kappa shape index (κ2) is 5.23. The number of aromatic nitrogens is 2. The molecule has 0 unspecified atom stereocenters. The summed E-state index contributed by atoms with van der Waals surface area (Å²) in [5, 5.41) is 3.78. The van der Waals surface area contributed by atoms with Gasteiger partial charge >= 0.3 is 5.97 Å². The summed E-state index contributed by atoms with van der Waals surface area (Å²) in [5.74, 6) is 0.406. The number of esters is 1. The molecular weight excluding hydrogens is 304 g/mol. The quantitative estimate of drug-likeness (QED) is 0.568. The molecule has 1 N–H and O–H groups in total. The van der Waals surface area contributed by atoms with E-state index in [0.29, 0.717) is 5.56 Å². The van der Waals surface area contributed by atoms with E-state index in [1.54, 1.807) is 19.5 Å². The Morgan fingerprint density at radius 2 is 1.96 bits per heavy atom. The van der Waals surface area contributed by atoms with Gasteiger partial charge in [-0.05, 0) is 36.8 Å². The SMILES string of the molecule is COC(=O)c1c2ccncc2c(C)c2c1[nH]c1ccc(OC)cc12. The average molecular weight is 320 g/mol. The van der Waals surface area contributed by atoms with Crippen molar-refractivity contribution in [3.63, 3.8) is 0 Å². The van der Waals surface area contributed by atoms with E-state index < -0.39 is 0 Å². The van der Waals surface area contributed by atoms with Crippen molar-refractivity contribution in [2.24, 2.45) is 0 Å². The third-order valence-corrected chi connectivity index (χ3v) is 4.51. The molecular formula is C19H16N2O3. The molecule has 0 aliphatic rings. The van der Waals surface area contributed by atoms with Gasteiger partial charge in [0, 0.05) is 39.5 Å². The van der Waals surface area contributed by atoms with Crippen LogP contribution in [-0.4, -0.2) is 30.2 Å². The van der Waals surface area contributed by atoms with Gasteiger partial charge in [-0.2, -0.15) is 0 Å². The molecule has 4 aromatic rings. The molecule has 5 heteroatoms. The predicted octanol–water partition coefficient (Wildman–Crippen LogP) is 3.97. The molecule has 0 bridgehead atoms. The van der Waals surface area contributed by atoms with Crippen LogP contribution in [0.25, 0.3) is 32.6 Å². The number of fused-ring (bicyclic) bond motifs is 4. The van der Waals surface area contributed by atoms with Crippen LogP contribution in [0.3, 0.4) is 0 Å². The number of aryl methyl sites for hydroxylation is 1. The largest absolute Gasteiger partial charge is 0.497 e. The summed E-state index contributed by atoms with van der Waals surface area (Å²) in [5.41, 5.74) is 3.33. The molecule has 2 heterocycles. The standard InChI is InChI=1S/C19H16N2O3/c1-10-14-9-20-7-6-12(14)17(19(22)24-3)18-16(10)13-8-11(23-2)4-5-15(13)21-18/h4-9,21H,1-3H3. The molecule has 24 heavy (non-hydrogen) atoms. The van der Waals surface area contributed by atoms with Gasteiger partial charge in [0.15, 0.2) is 0 Å². The molecule has 0 radical (unpaired) electrons. The fourth-order valence-corrected chi connectivity index (χ4v) is 3.37. The first kappa shape index (κ1) is 14.5. The highest BCUT2D eigenvalue weighted by Gasteiger charge is 2.21. The van der Waals surface area contributed by atoms with Crippen LogP contribution < -0.4 is 4.74 Å². The number of benzene rings is 2. The van der Waals surface area contributed by atoms with Gasteiger partial charge < -0.3 is 14.5 Å². The predicted molar refractivity (Wildman–Crippen MR) is 93.7 cm³/mol. The van der Waals surface area contributed by atoms with Crippen molar-refractivity contribution in [3.05, 3.63) is 47.8 Å². The maximum absolute atomic E-state index is 12.5. The lowest BCUT2D eigenvalue weighted by Gasteiger charge is -2.10. The topological polar surface area (TPSA) is 64.2 Å². The van der Waals surface area contributed by atoms with Crippen LogP contribution in [0.2, 0.25) is 0 Å². The molecule has 120 valence electrons. The minimum absolute atomic E-state index is 0.366. The van der Waals surface area contributed by atoms with Gasteiger partial charge in [-0.25, -0.2) is 4.79 Å². The monoisotopic (exact) mass is 320 g/mol. The van der Waals surface area contributed by atoms with Gasteiger partial charge in [-0.15, -0.1) is 0 Å². The van der Waals surface area contributed by atoms with E-state index >= 15 is 0 Å². The Bertz CT molecular complexity index is 1110. The Kier molecular flexibility index (Phi) is 3.16. The lowest BCUT2D eigenvalue weighted by Crippen LogP contribution is -2.04. The lowest BCUT2D eigenvalue weighted by molar-refractivity contribution is 0.0605. The van der Waals surface area contributed by atoms with E-state index in [-0.39, 0.29) is 5.97 Å². The zero-order valence-electron chi connectivity index (χ0n) is 13.6. The molecule has 2 aromatic carbocycles. The van der Waals surface area contributed by atoms with Crippen molar-refractivity contribution in [3.8, 4) is 5.75 Å². The average Bonchev–Trinajstić information content (AvgIpc) is 3.00. The maximum atomic E-state index is 12.5. The number of ether oxygens (including phenoxy) is 2. The number of carbonyl (C=O) groups excluding carboxylic acids is 1. The molecule has 2 aromatic heterocycles. The number of nitrogens with one attached hydrogen (secondary N) is 1. The lowest BCUT2D eigenvalue weighted by atomic mass is 9.96. The fraction of sp³-hybridized carbons (Fsp3) is 0.158. The number of rotatable bonds is 2. The Hall–Kier alpha value is -3.08. The van der Waals surface area contributed by atoms with Crippen LogP contribution in [0.4, 0.5) is 0 Å². The van der Waals surface area contributed by atoms with Crippen molar-refractivity contribution in [1.82, 2.24) is 9.97 Å². The van der Waals surface area contributed by atoms with Crippen molar-refractivity contribution in [2.75, 3.05) is 14.2 Å². The van der Waals surface area contributed by atoms with E-state index in [9.17, 15) is 4.79 Å².